The van der Waals surface area contributed by atoms with Crippen molar-refractivity contribution < 1.29 is 19.1 Å². The molecule has 168 valence electrons. The maximum Gasteiger partial charge on any atom is 0.305 e. The third-order valence-corrected chi connectivity index (χ3v) is 6.25. The second-order valence-corrected chi connectivity index (χ2v) is 8.97. The number of ether oxygens (including phenoxy) is 2. The fraction of sp³-hybridized carbons (Fsp3) is 0.320. The molecule has 7 heteroatoms. The minimum Gasteiger partial charge on any atom is -0.489 e. The second kappa shape index (κ2) is 12.4. The molecule has 1 fully saturated rings. The summed E-state index contributed by atoms with van der Waals surface area (Å²) in [5, 5.41) is 0. The van der Waals surface area contributed by atoms with Crippen LogP contribution in [-0.4, -0.2) is 34.2 Å². The van der Waals surface area contributed by atoms with Crippen LogP contribution in [0.25, 0.3) is 6.08 Å². The Hall–Kier alpha value is -2.64. The van der Waals surface area contributed by atoms with Crippen LogP contribution >= 0.6 is 24.0 Å². The summed E-state index contributed by atoms with van der Waals surface area (Å²) in [6.07, 6.45) is 4.67. The van der Waals surface area contributed by atoms with Gasteiger partial charge in [0.1, 0.15) is 16.7 Å². The summed E-state index contributed by atoms with van der Waals surface area (Å²) in [6.45, 7) is 3.29. The zero-order chi connectivity index (χ0) is 22.8. The molecule has 0 aliphatic carbocycles. The van der Waals surface area contributed by atoms with Crippen molar-refractivity contribution >= 4 is 46.3 Å². The number of benzene rings is 2. The summed E-state index contributed by atoms with van der Waals surface area (Å²) < 4.78 is 11.3. The van der Waals surface area contributed by atoms with Crippen molar-refractivity contribution in [2.75, 3.05) is 13.2 Å². The standard InChI is InChI=1S/C25H27NO4S2/c1-2-29-23(27)11-7-4-8-16-26-24(28)22(32-25(26)31)17-19-12-14-21(15-13-19)30-18-20-9-5-3-6-10-20/h3,5-6,9-10,12-15,17H,2,4,7-8,11,16,18H2,1H3/b22-17-. The first kappa shape index (κ1) is 24.0. The molecule has 0 radical (unpaired) electrons. The highest BCUT2D eigenvalue weighted by Gasteiger charge is 2.31. The van der Waals surface area contributed by atoms with E-state index in [1.54, 1.807) is 11.8 Å². The number of unbranched alkanes of at least 4 members (excludes halogenated alkanes) is 2. The van der Waals surface area contributed by atoms with Crippen LogP contribution in [0.4, 0.5) is 0 Å². The zero-order valence-corrected chi connectivity index (χ0v) is 19.8. The highest BCUT2D eigenvalue weighted by Crippen LogP contribution is 2.33. The number of amides is 1. The van der Waals surface area contributed by atoms with E-state index in [0.717, 1.165) is 36.1 Å². The molecule has 0 aromatic heterocycles. The number of esters is 1. The van der Waals surface area contributed by atoms with Gasteiger partial charge < -0.3 is 9.47 Å². The second-order valence-electron chi connectivity index (χ2n) is 7.29. The SMILES string of the molecule is CCOC(=O)CCCCCN1C(=O)/C(=C/c2ccc(OCc3ccccc3)cc2)SC1=S. The Bertz CT molecular complexity index is 958. The first-order valence-electron chi connectivity index (χ1n) is 10.7. The Labute approximate surface area is 198 Å². The first-order chi connectivity index (χ1) is 15.6. The number of carbonyl (C=O) groups is 2. The van der Waals surface area contributed by atoms with Crippen LogP contribution < -0.4 is 4.74 Å². The summed E-state index contributed by atoms with van der Waals surface area (Å²) in [6, 6.07) is 17.7. The number of hydrogen-bond acceptors (Lipinski definition) is 6. The summed E-state index contributed by atoms with van der Waals surface area (Å²) in [7, 11) is 0. The molecule has 0 spiro atoms. The Balaban J connectivity index is 1.47. The minimum atomic E-state index is -0.169. The van der Waals surface area contributed by atoms with Crippen LogP contribution in [0.1, 0.15) is 43.7 Å². The van der Waals surface area contributed by atoms with E-state index in [0.29, 0.717) is 35.4 Å². The van der Waals surface area contributed by atoms with Crippen LogP contribution in [0.2, 0.25) is 0 Å². The zero-order valence-electron chi connectivity index (χ0n) is 18.1. The fourth-order valence-corrected chi connectivity index (χ4v) is 4.50. The van der Waals surface area contributed by atoms with Gasteiger partial charge in [-0.2, -0.15) is 0 Å². The van der Waals surface area contributed by atoms with Crippen molar-refractivity contribution in [3.8, 4) is 5.75 Å². The van der Waals surface area contributed by atoms with Gasteiger partial charge in [-0.05, 0) is 49.1 Å². The van der Waals surface area contributed by atoms with Gasteiger partial charge in [0.2, 0.25) is 0 Å². The van der Waals surface area contributed by atoms with Crippen LogP contribution in [0.5, 0.6) is 5.75 Å². The summed E-state index contributed by atoms with van der Waals surface area (Å²) >= 11 is 6.73. The van der Waals surface area contributed by atoms with E-state index in [2.05, 4.69) is 0 Å². The lowest BCUT2D eigenvalue weighted by molar-refractivity contribution is -0.143. The molecule has 0 unspecified atom stereocenters. The first-order valence-corrected chi connectivity index (χ1v) is 12.0. The molecule has 1 saturated heterocycles. The molecule has 5 nitrogen and oxygen atoms in total. The Morgan fingerprint density at radius 1 is 1.06 bits per heavy atom. The third kappa shape index (κ3) is 7.21. The van der Waals surface area contributed by atoms with Crippen LogP contribution in [0, 0.1) is 0 Å². The van der Waals surface area contributed by atoms with Gasteiger partial charge in [0.15, 0.2) is 0 Å². The van der Waals surface area contributed by atoms with E-state index in [1.807, 2.05) is 60.7 Å². The number of thioether (sulfide) groups is 1. The van der Waals surface area contributed by atoms with Gasteiger partial charge in [-0.1, -0.05) is 72.9 Å². The largest absolute Gasteiger partial charge is 0.489 e. The predicted molar refractivity (Wildman–Crippen MR) is 132 cm³/mol. The van der Waals surface area contributed by atoms with E-state index < -0.39 is 0 Å². The molecular weight excluding hydrogens is 442 g/mol. The van der Waals surface area contributed by atoms with Crippen LogP contribution in [-0.2, 0) is 20.9 Å². The summed E-state index contributed by atoms with van der Waals surface area (Å²) in [5.74, 6) is 0.550. The van der Waals surface area contributed by atoms with Crippen molar-refractivity contribution in [2.45, 2.75) is 39.2 Å². The van der Waals surface area contributed by atoms with Crippen molar-refractivity contribution in [3.05, 3.63) is 70.6 Å². The molecule has 1 heterocycles. The lowest BCUT2D eigenvalue weighted by Crippen LogP contribution is -2.29. The van der Waals surface area contributed by atoms with E-state index in [1.165, 1.54) is 11.8 Å². The number of thiocarbonyl (C=S) groups is 1. The summed E-state index contributed by atoms with van der Waals surface area (Å²) in [4.78, 5) is 26.4. The van der Waals surface area contributed by atoms with Gasteiger partial charge in [-0.25, -0.2) is 0 Å². The maximum atomic E-state index is 12.8. The number of rotatable bonds is 11. The normalized spacial score (nSPS) is 14.8. The molecule has 32 heavy (non-hydrogen) atoms. The smallest absolute Gasteiger partial charge is 0.305 e. The Morgan fingerprint density at radius 3 is 2.53 bits per heavy atom. The van der Waals surface area contributed by atoms with Gasteiger partial charge in [0, 0.05) is 13.0 Å². The summed E-state index contributed by atoms with van der Waals surface area (Å²) in [5.41, 5.74) is 2.04. The van der Waals surface area contributed by atoms with Crippen molar-refractivity contribution in [3.63, 3.8) is 0 Å². The molecule has 1 aliphatic rings. The van der Waals surface area contributed by atoms with Gasteiger partial charge in [0.25, 0.3) is 5.91 Å². The van der Waals surface area contributed by atoms with Crippen LogP contribution in [0.3, 0.4) is 0 Å². The van der Waals surface area contributed by atoms with Crippen molar-refractivity contribution in [1.29, 1.82) is 0 Å². The molecule has 0 saturated carbocycles. The van der Waals surface area contributed by atoms with Gasteiger partial charge in [-0.3, -0.25) is 14.5 Å². The maximum absolute atomic E-state index is 12.8. The Kier molecular flexibility index (Phi) is 9.31. The quantitative estimate of drug-likeness (QED) is 0.185. The highest BCUT2D eigenvalue weighted by atomic mass is 32.2. The molecule has 0 atom stereocenters. The average Bonchev–Trinajstić information content (AvgIpc) is 3.06. The lowest BCUT2D eigenvalue weighted by Gasteiger charge is -2.13. The van der Waals surface area contributed by atoms with Gasteiger partial charge >= 0.3 is 5.97 Å². The third-order valence-electron chi connectivity index (χ3n) is 4.87. The molecule has 1 amide bonds. The lowest BCUT2D eigenvalue weighted by atomic mass is 10.2. The number of hydrogen-bond donors (Lipinski definition) is 0. The molecule has 2 aromatic rings. The van der Waals surface area contributed by atoms with Gasteiger partial charge in [0.05, 0.1) is 11.5 Å². The highest BCUT2D eigenvalue weighted by molar-refractivity contribution is 8.26. The fourth-order valence-electron chi connectivity index (χ4n) is 3.19. The monoisotopic (exact) mass is 469 g/mol. The molecule has 0 N–H and O–H groups in total. The van der Waals surface area contributed by atoms with Gasteiger partial charge in [-0.15, -0.1) is 0 Å². The molecule has 3 rings (SSSR count). The topological polar surface area (TPSA) is 55.8 Å². The van der Waals surface area contributed by atoms with Crippen molar-refractivity contribution in [2.24, 2.45) is 0 Å². The molecular formula is C25H27NO4S2. The molecule has 0 bridgehead atoms. The molecule has 1 aliphatic heterocycles. The van der Waals surface area contributed by atoms with Crippen LogP contribution in [0.15, 0.2) is 59.5 Å². The van der Waals surface area contributed by atoms with E-state index in [-0.39, 0.29) is 11.9 Å². The minimum absolute atomic E-state index is 0.0604. The predicted octanol–water partition coefficient (Wildman–Crippen LogP) is 5.59. The van der Waals surface area contributed by atoms with E-state index in [4.69, 9.17) is 21.7 Å². The van der Waals surface area contributed by atoms with E-state index >= 15 is 0 Å². The number of carbonyl (C=O) groups excluding carboxylic acids is 2. The van der Waals surface area contributed by atoms with Crippen molar-refractivity contribution in [1.82, 2.24) is 4.90 Å². The number of nitrogens with zero attached hydrogens (tertiary/aromatic N) is 1. The van der Waals surface area contributed by atoms with E-state index in [9.17, 15) is 9.59 Å². The average molecular weight is 470 g/mol. The Morgan fingerprint density at radius 2 is 1.81 bits per heavy atom. The molecule has 2 aromatic carbocycles.